The van der Waals surface area contributed by atoms with E-state index in [-0.39, 0.29) is 24.4 Å². The molecule has 3 nitrogen and oxygen atoms in total. The molecule has 0 saturated carbocycles. The second-order valence-corrected chi connectivity index (χ2v) is 6.61. The zero-order valence-electron chi connectivity index (χ0n) is 12.4. The summed E-state index contributed by atoms with van der Waals surface area (Å²) in [5.41, 5.74) is 7.04. The third-order valence-electron chi connectivity index (χ3n) is 4.03. The molecular formula is C15H25ClN2OS. The molecule has 0 fully saturated rings. The Kier molecular flexibility index (Phi) is 7.00. The van der Waals surface area contributed by atoms with E-state index in [0.717, 1.165) is 17.7 Å². The fraction of sp³-hybridized carbons (Fsp3) is 0.667. The monoisotopic (exact) mass is 316 g/mol. The number of nitrogens with zero attached hydrogens (tertiary/aromatic N) is 1. The van der Waals surface area contributed by atoms with Crippen molar-refractivity contribution in [2.24, 2.45) is 5.73 Å². The summed E-state index contributed by atoms with van der Waals surface area (Å²) in [4.78, 5) is 16.5. The Morgan fingerprint density at radius 1 is 1.35 bits per heavy atom. The highest BCUT2D eigenvalue weighted by molar-refractivity contribution is 7.14. The highest BCUT2D eigenvalue weighted by Crippen LogP contribution is 2.29. The molecule has 0 aromatic carbocycles. The fourth-order valence-electron chi connectivity index (χ4n) is 2.48. The van der Waals surface area contributed by atoms with Gasteiger partial charge in [0, 0.05) is 24.5 Å². The number of amides is 1. The van der Waals surface area contributed by atoms with E-state index >= 15 is 0 Å². The molecule has 5 heteroatoms. The minimum atomic E-state index is 0. The first-order valence-corrected chi connectivity index (χ1v) is 8.04. The third kappa shape index (κ3) is 3.96. The van der Waals surface area contributed by atoms with Gasteiger partial charge in [0.2, 0.25) is 0 Å². The molecule has 0 radical (unpaired) electrons. The number of thiophene rings is 1. The lowest BCUT2D eigenvalue weighted by Gasteiger charge is -2.22. The van der Waals surface area contributed by atoms with Gasteiger partial charge in [0.15, 0.2) is 0 Å². The van der Waals surface area contributed by atoms with E-state index in [1.807, 2.05) is 14.0 Å². The van der Waals surface area contributed by atoms with Crippen molar-refractivity contribution < 1.29 is 4.79 Å². The van der Waals surface area contributed by atoms with Crippen molar-refractivity contribution in [2.45, 2.75) is 51.5 Å². The standard InChI is InChI=1S/C15H24N2OS.ClH/c1-11(10-16)17(2)15(18)14-9-12-7-5-3-4-6-8-13(12)19-14;/h9,11H,3-8,10,16H2,1-2H3;1H. The maximum absolute atomic E-state index is 12.4. The van der Waals surface area contributed by atoms with Crippen LogP contribution in [0.2, 0.25) is 0 Å². The molecule has 114 valence electrons. The molecule has 1 aromatic heterocycles. The Morgan fingerprint density at radius 3 is 2.65 bits per heavy atom. The first-order valence-electron chi connectivity index (χ1n) is 7.22. The van der Waals surface area contributed by atoms with E-state index in [2.05, 4.69) is 6.07 Å². The van der Waals surface area contributed by atoms with E-state index in [4.69, 9.17) is 5.73 Å². The molecule has 2 rings (SSSR count). The van der Waals surface area contributed by atoms with Gasteiger partial charge in [0.1, 0.15) is 0 Å². The van der Waals surface area contributed by atoms with Gasteiger partial charge >= 0.3 is 0 Å². The average molecular weight is 317 g/mol. The lowest BCUT2D eigenvalue weighted by atomic mass is 10.00. The van der Waals surface area contributed by atoms with E-state index in [9.17, 15) is 4.79 Å². The Hall–Kier alpha value is -0.580. The van der Waals surface area contributed by atoms with Gasteiger partial charge in [-0.1, -0.05) is 12.8 Å². The van der Waals surface area contributed by atoms with E-state index in [1.165, 1.54) is 36.1 Å². The predicted molar refractivity (Wildman–Crippen MR) is 88.1 cm³/mol. The van der Waals surface area contributed by atoms with Gasteiger partial charge in [0.25, 0.3) is 5.91 Å². The van der Waals surface area contributed by atoms with Gasteiger partial charge in [-0.05, 0) is 44.2 Å². The number of hydrogen-bond donors (Lipinski definition) is 1. The molecule has 1 aliphatic carbocycles. The molecule has 0 spiro atoms. The number of nitrogens with two attached hydrogens (primary N) is 1. The first-order chi connectivity index (χ1) is 9.13. The van der Waals surface area contributed by atoms with Crippen LogP contribution in [0.15, 0.2) is 6.07 Å². The smallest absolute Gasteiger partial charge is 0.263 e. The second-order valence-electron chi connectivity index (χ2n) is 5.47. The molecule has 1 atom stereocenters. The number of halogens is 1. The van der Waals surface area contributed by atoms with Gasteiger partial charge < -0.3 is 10.6 Å². The van der Waals surface area contributed by atoms with Crippen LogP contribution < -0.4 is 5.73 Å². The SMILES string of the molecule is CC(CN)N(C)C(=O)c1cc2c(s1)CCCCCC2.Cl. The highest BCUT2D eigenvalue weighted by atomic mass is 35.5. The number of rotatable bonds is 3. The lowest BCUT2D eigenvalue weighted by Crippen LogP contribution is -2.39. The van der Waals surface area contributed by atoms with Gasteiger partial charge in [-0.2, -0.15) is 0 Å². The zero-order valence-corrected chi connectivity index (χ0v) is 14.0. The number of likely N-dealkylation sites (N-methyl/N-ethyl adjacent to an activating group) is 1. The normalized spacial score (nSPS) is 16.4. The average Bonchev–Trinajstić information content (AvgIpc) is 2.78. The second kappa shape index (κ2) is 8.01. The van der Waals surface area contributed by atoms with Crippen molar-refractivity contribution in [3.8, 4) is 0 Å². The molecule has 1 aromatic rings. The van der Waals surface area contributed by atoms with E-state index < -0.39 is 0 Å². The Morgan fingerprint density at radius 2 is 2.00 bits per heavy atom. The Labute approximate surface area is 131 Å². The van der Waals surface area contributed by atoms with Gasteiger partial charge in [0.05, 0.1) is 4.88 Å². The summed E-state index contributed by atoms with van der Waals surface area (Å²) in [5.74, 6) is 0.120. The van der Waals surface area contributed by atoms with Crippen LogP contribution >= 0.6 is 23.7 Å². The fourth-order valence-corrected chi connectivity index (χ4v) is 3.72. The van der Waals surface area contributed by atoms with E-state index in [1.54, 1.807) is 16.2 Å². The van der Waals surface area contributed by atoms with Crippen LogP contribution in [-0.4, -0.2) is 30.4 Å². The summed E-state index contributed by atoms with van der Waals surface area (Å²) < 4.78 is 0. The molecule has 1 unspecified atom stereocenters. The molecule has 2 N–H and O–H groups in total. The van der Waals surface area contributed by atoms with E-state index in [0.29, 0.717) is 6.54 Å². The molecule has 0 aliphatic heterocycles. The number of hydrogen-bond acceptors (Lipinski definition) is 3. The predicted octanol–water partition coefficient (Wildman–Crippen LogP) is 3.25. The maximum atomic E-state index is 12.4. The largest absolute Gasteiger partial charge is 0.337 e. The summed E-state index contributed by atoms with van der Waals surface area (Å²) in [6.45, 7) is 2.49. The van der Waals surface area contributed by atoms with Crippen LogP contribution in [0.25, 0.3) is 0 Å². The summed E-state index contributed by atoms with van der Waals surface area (Å²) >= 11 is 1.69. The van der Waals surface area contributed by atoms with Crippen LogP contribution in [0.1, 0.15) is 52.7 Å². The Balaban J connectivity index is 0.00000200. The van der Waals surface area contributed by atoms with Crippen LogP contribution in [0.4, 0.5) is 0 Å². The van der Waals surface area contributed by atoms with Gasteiger partial charge in [-0.3, -0.25) is 4.79 Å². The highest BCUT2D eigenvalue weighted by Gasteiger charge is 2.20. The minimum Gasteiger partial charge on any atom is -0.337 e. The van der Waals surface area contributed by atoms with Crippen molar-refractivity contribution >= 4 is 29.7 Å². The molecule has 1 aliphatic rings. The van der Waals surface area contributed by atoms with Crippen molar-refractivity contribution in [3.63, 3.8) is 0 Å². The number of carbonyl (C=O) groups excluding carboxylic acids is 1. The van der Waals surface area contributed by atoms with Crippen molar-refractivity contribution in [1.29, 1.82) is 0 Å². The number of carbonyl (C=O) groups is 1. The van der Waals surface area contributed by atoms with Crippen molar-refractivity contribution in [2.75, 3.05) is 13.6 Å². The molecule has 20 heavy (non-hydrogen) atoms. The topological polar surface area (TPSA) is 46.3 Å². The van der Waals surface area contributed by atoms with Gasteiger partial charge in [-0.15, -0.1) is 23.7 Å². The first kappa shape index (κ1) is 17.5. The molecular weight excluding hydrogens is 292 g/mol. The van der Waals surface area contributed by atoms with Crippen LogP contribution in [0.3, 0.4) is 0 Å². The third-order valence-corrected chi connectivity index (χ3v) is 5.26. The minimum absolute atomic E-state index is 0. The van der Waals surface area contributed by atoms with Crippen LogP contribution in [-0.2, 0) is 12.8 Å². The lowest BCUT2D eigenvalue weighted by molar-refractivity contribution is 0.0753. The van der Waals surface area contributed by atoms with Crippen LogP contribution in [0.5, 0.6) is 0 Å². The summed E-state index contributed by atoms with van der Waals surface area (Å²) in [5, 5.41) is 0. The van der Waals surface area contributed by atoms with Crippen molar-refractivity contribution in [1.82, 2.24) is 4.90 Å². The number of aryl methyl sites for hydroxylation is 2. The molecule has 0 bridgehead atoms. The Bertz CT molecular complexity index is 422. The maximum Gasteiger partial charge on any atom is 0.263 e. The number of fused-ring (bicyclic) bond motifs is 1. The molecule has 1 amide bonds. The quantitative estimate of drug-likeness (QED) is 0.930. The van der Waals surface area contributed by atoms with Crippen LogP contribution in [0, 0.1) is 0 Å². The summed E-state index contributed by atoms with van der Waals surface area (Å²) in [6, 6.07) is 2.21. The summed E-state index contributed by atoms with van der Waals surface area (Å²) in [6.07, 6.45) is 7.44. The zero-order chi connectivity index (χ0) is 13.8. The molecule has 0 saturated heterocycles. The van der Waals surface area contributed by atoms with Crippen molar-refractivity contribution in [3.05, 3.63) is 21.4 Å². The molecule has 1 heterocycles. The van der Waals surface area contributed by atoms with Gasteiger partial charge in [-0.25, -0.2) is 0 Å². The summed E-state index contributed by atoms with van der Waals surface area (Å²) in [7, 11) is 1.84.